The Kier molecular flexibility index (Phi) is 6.24. The summed E-state index contributed by atoms with van der Waals surface area (Å²) in [5.41, 5.74) is 2.41. The lowest BCUT2D eigenvalue weighted by molar-refractivity contribution is 0.0949. The summed E-state index contributed by atoms with van der Waals surface area (Å²) in [5.74, 6) is 0.0116. The third-order valence-corrected chi connectivity index (χ3v) is 4.32. The molecule has 1 aromatic heterocycles. The second-order valence-electron chi connectivity index (χ2n) is 5.92. The molecular weight excluding hydrogens is 378 g/mol. The van der Waals surface area contributed by atoms with Crippen molar-refractivity contribution in [2.45, 2.75) is 6.54 Å². The Bertz CT molecular complexity index is 976. The van der Waals surface area contributed by atoms with E-state index in [4.69, 9.17) is 16.3 Å². The molecule has 6 nitrogen and oxygen atoms in total. The number of nitrogens with zero attached hydrogens (tertiary/aromatic N) is 1. The van der Waals surface area contributed by atoms with Gasteiger partial charge in [0.05, 0.1) is 12.1 Å². The topological polar surface area (TPSA) is 80.3 Å². The van der Waals surface area contributed by atoms with Crippen molar-refractivity contribution in [2.24, 2.45) is 0 Å². The molecule has 0 aliphatic carbocycles. The van der Waals surface area contributed by atoms with Crippen LogP contribution in [-0.2, 0) is 6.54 Å². The van der Waals surface area contributed by atoms with Crippen molar-refractivity contribution in [3.63, 3.8) is 0 Å². The zero-order valence-corrected chi connectivity index (χ0v) is 15.9. The largest absolute Gasteiger partial charge is 0.495 e. The first-order chi connectivity index (χ1) is 13.6. The van der Waals surface area contributed by atoms with Crippen LogP contribution >= 0.6 is 11.6 Å². The van der Waals surface area contributed by atoms with Gasteiger partial charge in [-0.15, -0.1) is 0 Å². The zero-order chi connectivity index (χ0) is 19.9. The van der Waals surface area contributed by atoms with E-state index in [9.17, 15) is 9.59 Å². The minimum Gasteiger partial charge on any atom is -0.495 e. The van der Waals surface area contributed by atoms with Crippen molar-refractivity contribution >= 4 is 29.1 Å². The summed E-state index contributed by atoms with van der Waals surface area (Å²) in [5, 5.41) is 5.99. The highest BCUT2D eigenvalue weighted by Crippen LogP contribution is 2.27. The highest BCUT2D eigenvalue weighted by molar-refractivity contribution is 6.32. The molecule has 2 N–H and O–H groups in total. The van der Waals surface area contributed by atoms with Crippen LogP contribution < -0.4 is 15.4 Å². The monoisotopic (exact) mass is 395 g/mol. The number of ether oxygens (including phenoxy) is 1. The molecule has 2 aromatic carbocycles. The third kappa shape index (κ3) is 4.86. The van der Waals surface area contributed by atoms with Gasteiger partial charge in [0.2, 0.25) is 0 Å². The van der Waals surface area contributed by atoms with Crippen molar-refractivity contribution in [3.8, 4) is 5.75 Å². The first-order valence-electron chi connectivity index (χ1n) is 8.49. The van der Waals surface area contributed by atoms with Crippen LogP contribution in [0.3, 0.4) is 0 Å². The fourth-order valence-electron chi connectivity index (χ4n) is 2.51. The fourth-order valence-corrected chi connectivity index (χ4v) is 2.76. The molecule has 0 atom stereocenters. The Hall–Kier alpha value is -3.38. The molecule has 3 rings (SSSR count). The fraction of sp³-hybridized carbons (Fsp3) is 0.0952. The van der Waals surface area contributed by atoms with Gasteiger partial charge in [-0.2, -0.15) is 0 Å². The quantitative estimate of drug-likeness (QED) is 0.662. The van der Waals surface area contributed by atoms with E-state index in [2.05, 4.69) is 15.6 Å². The van der Waals surface area contributed by atoms with Gasteiger partial charge in [0.25, 0.3) is 11.8 Å². The van der Waals surface area contributed by atoms with E-state index in [1.807, 2.05) is 12.1 Å². The van der Waals surface area contributed by atoms with Crippen molar-refractivity contribution in [1.82, 2.24) is 10.3 Å². The molecule has 2 amide bonds. The number of carbonyl (C=O) groups is 2. The van der Waals surface area contributed by atoms with Crippen molar-refractivity contribution in [3.05, 3.63) is 88.7 Å². The molecule has 0 aliphatic heterocycles. The lowest BCUT2D eigenvalue weighted by Crippen LogP contribution is -2.23. The molecule has 0 spiro atoms. The third-order valence-electron chi connectivity index (χ3n) is 4.02. The van der Waals surface area contributed by atoms with Gasteiger partial charge in [0.1, 0.15) is 5.75 Å². The van der Waals surface area contributed by atoms with Crippen LogP contribution in [0.15, 0.2) is 67.0 Å². The molecule has 7 heteroatoms. The average molecular weight is 396 g/mol. The predicted octanol–water partition coefficient (Wildman–Crippen LogP) is 3.93. The van der Waals surface area contributed by atoms with Crippen molar-refractivity contribution < 1.29 is 14.3 Å². The molecular formula is C21H18ClN3O3. The second kappa shape index (κ2) is 9.01. The van der Waals surface area contributed by atoms with E-state index in [0.717, 1.165) is 5.56 Å². The van der Waals surface area contributed by atoms with Gasteiger partial charge in [-0.3, -0.25) is 14.6 Å². The summed E-state index contributed by atoms with van der Waals surface area (Å²) in [6, 6.07) is 15.1. The van der Waals surface area contributed by atoms with E-state index in [0.29, 0.717) is 34.1 Å². The van der Waals surface area contributed by atoms with Crippen LogP contribution in [0.1, 0.15) is 26.3 Å². The number of anilines is 1. The van der Waals surface area contributed by atoms with Crippen molar-refractivity contribution in [2.75, 3.05) is 12.4 Å². The van der Waals surface area contributed by atoms with Crippen LogP contribution in [0, 0.1) is 0 Å². The first-order valence-corrected chi connectivity index (χ1v) is 8.86. The van der Waals surface area contributed by atoms with E-state index >= 15 is 0 Å². The van der Waals surface area contributed by atoms with Crippen LogP contribution in [0.2, 0.25) is 5.02 Å². The maximum absolute atomic E-state index is 12.4. The number of amides is 2. The number of halogens is 1. The standard InChI is InChI=1S/C21H18ClN3O3/c1-28-19-7-6-17(12-18(19)22)25-21(27)16-4-2-15(3-5-16)20(26)24-13-14-8-10-23-11-9-14/h2-12H,13H2,1H3,(H,24,26)(H,25,27). The number of hydrogen-bond acceptors (Lipinski definition) is 4. The molecule has 0 unspecified atom stereocenters. The summed E-state index contributed by atoms with van der Waals surface area (Å²) in [6.45, 7) is 0.405. The van der Waals surface area contributed by atoms with Gasteiger partial charge in [-0.1, -0.05) is 11.6 Å². The first kappa shape index (κ1) is 19.4. The minimum atomic E-state index is -0.301. The summed E-state index contributed by atoms with van der Waals surface area (Å²) in [6.07, 6.45) is 3.34. The van der Waals surface area contributed by atoms with E-state index in [-0.39, 0.29) is 11.8 Å². The molecule has 0 bridgehead atoms. The molecule has 0 saturated carbocycles. The summed E-state index contributed by atoms with van der Waals surface area (Å²) < 4.78 is 5.09. The summed E-state index contributed by atoms with van der Waals surface area (Å²) in [4.78, 5) is 28.6. The Morgan fingerprint density at radius 3 is 2.21 bits per heavy atom. The average Bonchev–Trinajstić information content (AvgIpc) is 2.73. The molecule has 1 heterocycles. The Labute approximate surface area is 167 Å². The molecule has 0 aliphatic rings. The Morgan fingerprint density at radius 2 is 1.61 bits per heavy atom. The number of hydrogen-bond donors (Lipinski definition) is 2. The van der Waals surface area contributed by atoms with Gasteiger partial charge < -0.3 is 15.4 Å². The number of aromatic nitrogens is 1. The number of rotatable bonds is 6. The zero-order valence-electron chi connectivity index (χ0n) is 15.1. The number of nitrogens with one attached hydrogen (secondary N) is 2. The normalized spacial score (nSPS) is 10.2. The molecule has 0 fully saturated rings. The van der Waals surface area contributed by atoms with E-state index < -0.39 is 0 Å². The number of methoxy groups -OCH3 is 1. The summed E-state index contributed by atoms with van der Waals surface area (Å²) >= 11 is 6.06. The van der Waals surface area contributed by atoms with Gasteiger partial charge in [0, 0.05) is 35.8 Å². The maximum atomic E-state index is 12.4. The molecule has 0 radical (unpaired) electrons. The maximum Gasteiger partial charge on any atom is 0.255 e. The predicted molar refractivity (Wildman–Crippen MR) is 108 cm³/mol. The molecule has 142 valence electrons. The number of carbonyl (C=O) groups excluding carboxylic acids is 2. The smallest absolute Gasteiger partial charge is 0.255 e. The molecule has 28 heavy (non-hydrogen) atoms. The lowest BCUT2D eigenvalue weighted by Gasteiger charge is -2.09. The highest BCUT2D eigenvalue weighted by Gasteiger charge is 2.10. The molecule has 0 saturated heterocycles. The number of benzene rings is 2. The Morgan fingerprint density at radius 1 is 0.964 bits per heavy atom. The van der Waals surface area contributed by atoms with Gasteiger partial charge in [-0.05, 0) is 60.2 Å². The number of pyridine rings is 1. The van der Waals surface area contributed by atoms with Gasteiger partial charge >= 0.3 is 0 Å². The van der Waals surface area contributed by atoms with Crippen molar-refractivity contribution in [1.29, 1.82) is 0 Å². The summed E-state index contributed by atoms with van der Waals surface area (Å²) in [7, 11) is 1.52. The Balaban J connectivity index is 1.60. The van der Waals surface area contributed by atoms with Gasteiger partial charge in [-0.25, -0.2) is 0 Å². The minimum absolute atomic E-state index is 0.217. The van der Waals surface area contributed by atoms with Crippen LogP contribution in [-0.4, -0.2) is 23.9 Å². The highest BCUT2D eigenvalue weighted by atomic mass is 35.5. The van der Waals surface area contributed by atoms with Gasteiger partial charge in [0.15, 0.2) is 0 Å². The molecule has 3 aromatic rings. The van der Waals surface area contributed by atoms with E-state index in [1.165, 1.54) is 7.11 Å². The van der Waals surface area contributed by atoms with Crippen LogP contribution in [0.4, 0.5) is 5.69 Å². The van der Waals surface area contributed by atoms with Crippen LogP contribution in [0.5, 0.6) is 5.75 Å². The lowest BCUT2D eigenvalue weighted by atomic mass is 10.1. The second-order valence-corrected chi connectivity index (χ2v) is 6.33. The SMILES string of the molecule is COc1ccc(NC(=O)c2ccc(C(=O)NCc3ccncc3)cc2)cc1Cl. The van der Waals surface area contributed by atoms with E-state index in [1.54, 1.807) is 54.9 Å². The van der Waals surface area contributed by atoms with Crippen LogP contribution in [0.25, 0.3) is 0 Å².